The van der Waals surface area contributed by atoms with Gasteiger partial charge in [-0.1, -0.05) is 26.7 Å². The lowest BCUT2D eigenvalue weighted by atomic mass is 9.71. The van der Waals surface area contributed by atoms with E-state index in [1.165, 1.54) is 41.5 Å². The van der Waals surface area contributed by atoms with Crippen LogP contribution >= 0.6 is 15.9 Å². The summed E-state index contributed by atoms with van der Waals surface area (Å²) < 4.78 is 3.42. The molecule has 0 bridgehead atoms. The van der Waals surface area contributed by atoms with Gasteiger partial charge in [-0.3, -0.25) is 4.68 Å². The molecule has 3 atom stereocenters. The molecule has 1 aromatic heterocycles. The van der Waals surface area contributed by atoms with Gasteiger partial charge in [0, 0.05) is 6.54 Å². The second-order valence-electron chi connectivity index (χ2n) is 6.42. The van der Waals surface area contributed by atoms with Gasteiger partial charge in [-0.2, -0.15) is 5.10 Å². The maximum Gasteiger partial charge on any atom is 0.0766 e. The molecule has 0 aromatic carbocycles. The summed E-state index contributed by atoms with van der Waals surface area (Å²) in [6, 6.07) is 0. The summed E-state index contributed by atoms with van der Waals surface area (Å²) in [6.07, 6.45) is 7.42. The van der Waals surface area contributed by atoms with Gasteiger partial charge in [-0.05, 0) is 72.8 Å². The first-order chi connectivity index (χ1) is 10.1. The number of hydrogen-bond donors (Lipinski definition) is 1. The highest BCUT2D eigenvalue weighted by Gasteiger charge is 2.30. The molecule has 1 aliphatic rings. The molecule has 120 valence electrons. The molecule has 1 fully saturated rings. The Morgan fingerprint density at radius 1 is 1.24 bits per heavy atom. The van der Waals surface area contributed by atoms with Gasteiger partial charge in [0.2, 0.25) is 0 Å². The number of nitrogens with zero attached hydrogens (tertiary/aromatic N) is 2. The second-order valence-corrected chi connectivity index (χ2v) is 7.22. The Balaban J connectivity index is 2.20. The molecule has 0 aliphatic heterocycles. The van der Waals surface area contributed by atoms with E-state index in [4.69, 9.17) is 10.8 Å². The summed E-state index contributed by atoms with van der Waals surface area (Å²) in [5.74, 6) is 2.29. The highest BCUT2D eigenvalue weighted by atomic mass is 79.9. The number of aromatic nitrogens is 2. The van der Waals surface area contributed by atoms with Gasteiger partial charge in [0.25, 0.3) is 0 Å². The Labute approximate surface area is 137 Å². The molecule has 1 saturated carbocycles. The third-order valence-corrected chi connectivity index (χ3v) is 6.19. The van der Waals surface area contributed by atoms with E-state index in [-0.39, 0.29) is 0 Å². The number of aryl methyl sites for hydroxylation is 2. The van der Waals surface area contributed by atoms with Crippen molar-refractivity contribution in [2.75, 3.05) is 6.54 Å². The molecular formula is C17H30BrN3. The predicted octanol–water partition coefficient (Wildman–Crippen LogP) is 4.17. The van der Waals surface area contributed by atoms with E-state index in [0.29, 0.717) is 5.92 Å². The first kappa shape index (κ1) is 17.0. The number of nitrogens with two attached hydrogens (primary N) is 1. The molecule has 0 amide bonds. The summed E-state index contributed by atoms with van der Waals surface area (Å²) in [6.45, 7) is 8.46. The van der Waals surface area contributed by atoms with Gasteiger partial charge >= 0.3 is 0 Å². The van der Waals surface area contributed by atoms with Crippen molar-refractivity contribution in [3.63, 3.8) is 0 Å². The van der Waals surface area contributed by atoms with Crippen molar-refractivity contribution in [1.29, 1.82) is 0 Å². The van der Waals surface area contributed by atoms with Gasteiger partial charge < -0.3 is 5.73 Å². The van der Waals surface area contributed by atoms with Crippen LogP contribution in [0.2, 0.25) is 0 Å². The zero-order valence-electron chi connectivity index (χ0n) is 13.7. The monoisotopic (exact) mass is 355 g/mol. The molecule has 1 aromatic rings. The Morgan fingerprint density at radius 3 is 2.57 bits per heavy atom. The van der Waals surface area contributed by atoms with Gasteiger partial charge in [0.15, 0.2) is 0 Å². The summed E-state index contributed by atoms with van der Waals surface area (Å²) in [4.78, 5) is 0. The van der Waals surface area contributed by atoms with Crippen LogP contribution < -0.4 is 5.73 Å². The lowest BCUT2D eigenvalue weighted by Gasteiger charge is -2.35. The van der Waals surface area contributed by atoms with Crippen molar-refractivity contribution in [3.05, 3.63) is 15.9 Å². The fourth-order valence-corrected chi connectivity index (χ4v) is 4.54. The Morgan fingerprint density at radius 2 is 2.00 bits per heavy atom. The van der Waals surface area contributed by atoms with Crippen molar-refractivity contribution in [1.82, 2.24) is 9.78 Å². The van der Waals surface area contributed by atoms with Crippen LogP contribution in [0.1, 0.15) is 57.8 Å². The van der Waals surface area contributed by atoms with E-state index < -0.39 is 0 Å². The maximum absolute atomic E-state index is 6.04. The van der Waals surface area contributed by atoms with Crippen molar-refractivity contribution >= 4 is 15.9 Å². The first-order valence-electron chi connectivity index (χ1n) is 8.58. The van der Waals surface area contributed by atoms with Crippen LogP contribution in [0.4, 0.5) is 0 Å². The number of hydrogen-bond acceptors (Lipinski definition) is 2. The van der Waals surface area contributed by atoms with Crippen LogP contribution in [0.3, 0.4) is 0 Å². The first-order valence-corrected chi connectivity index (χ1v) is 9.37. The van der Waals surface area contributed by atoms with Crippen molar-refractivity contribution < 1.29 is 0 Å². The predicted molar refractivity (Wildman–Crippen MR) is 92.3 cm³/mol. The third-order valence-electron chi connectivity index (χ3n) is 5.28. The van der Waals surface area contributed by atoms with E-state index in [9.17, 15) is 0 Å². The molecule has 1 heterocycles. The van der Waals surface area contributed by atoms with Gasteiger partial charge in [0.05, 0.1) is 15.9 Å². The Hall–Kier alpha value is -0.350. The van der Waals surface area contributed by atoms with Gasteiger partial charge in [-0.25, -0.2) is 0 Å². The SMILES string of the molecule is CCc1nn(CC)c(CC2CC(CC)CCC2CN)c1Br. The van der Waals surface area contributed by atoms with Crippen LogP contribution in [0.25, 0.3) is 0 Å². The molecule has 2 N–H and O–H groups in total. The molecule has 0 radical (unpaired) electrons. The third kappa shape index (κ3) is 3.70. The average molecular weight is 356 g/mol. The Kier molecular flexibility index (Phi) is 6.30. The summed E-state index contributed by atoms with van der Waals surface area (Å²) in [5.41, 5.74) is 8.62. The quantitative estimate of drug-likeness (QED) is 0.831. The number of rotatable bonds is 6. The molecule has 0 spiro atoms. The minimum Gasteiger partial charge on any atom is -0.330 e. The molecule has 3 nitrogen and oxygen atoms in total. The van der Waals surface area contributed by atoms with Crippen molar-refractivity contribution in [2.24, 2.45) is 23.5 Å². The lowest BCUT2D eigenvalue weighted by molar-refractivity contribution is 0.177. The zero-order valence-corrected chi connectivity index (χ0v) is 15.3. The summed E-state index contributed by atoms with van der Waals surface area (Å²) >= 11 is 3.79. The van der Waals surface area contributed by atoms with E-state index in [0.717, 1.165) is 37.8 Å². The molecule has 3 unspecified atom stereocenters. The molecule has 21 heavy (non-hydrogen) atoms. The van der Waals surface area contributed by atoms with E-state index in [1.807, 2.05) is 0 Å². The van der Waals surface area contributed by atoms with Crippen LogP contribution in [0, 0.1) is 17.8 Å². The van der Waals surface area contributed by atoms with Crippen molar-refractivity contribution in [2.45, 2.75) is 65.8 Å². The van der Waals surface area contributed by atoms with Gasteiger partial charge in [0.1, 0.15) is 0 Å². The maximum atomic E-state index is 6.04. The number of halogens is 1. The lowest BCUT2D eigenvalue weighted by Crippen LogP contribution is -2.32. The van der Waals surface area contributed by atoms with Crippen LogP contribution in [0.15, 0.2) is 4.47 Å². The fourth-order valence-electron chi connectivity index (χ4n) is 3.82. The molecule has 4 heteroatoms. The molecule has 1 aliphatic carbocycles. The molecule has 2 rings (SSSR count). The standard InChI is InChI=1S/C17H30BrN3/c1-4-12-7-8-13(11-19)14(9-12)10-16-17(18)15(5-2)20-21(16)6-3/h12-14H,4-11,19H2,1-3H3. The minimum absolute atomic E-state index is 0.685. The molecule has 0 saturated heterocycles. The highest BCUT2D eigenvalue weighted by Crippen LogP contribution is 2.38. The van der Waals surface area contributed by atoms with E-state index >= 15 is 0 Å². The van der Waals surface area contributed by atoms with Crippen LogP contribution in [0.5, 0.6) is 0 Å². The van der Waals surface area contributed by atoms with Crippen molar-refractivity contribution in [3.8, 4) is 0 Å². The fraction of sp³-hybridized carbons (Fsp3) is 0.824. The van der Waals surface area contributed by atoms with E-state index in [1.54, 1.807) is 0 Å². The summed E-state index contributed by atoms with van der Waals surface area (Å²) in [7, 11) is 0. The van der Waals surface area contributed by atoms with Crippen LogP contribution in [-0.2, 0) is 19.4 Å². The van der Waals surface area contributed by atoms with E-state index in [2.05, 4.69) is 41.4 Å². The zero-order chi connectivity index (χ0) is 15.4. The van der Waals surface area contributed by atoms with Gasteiger partial charge in [-0.15, -0.1) is 0 Å². The second kappa shape index (κ2) is 7.77. The average Bonchev–Trinajstić information content (AvgIpc) is 2.83. The topological polar surface area (TPSA) is 43.8 Å². The highest BCUT2D eigenvalue weighted by molar-refractivity contribution is 9.10. The summed E-state index contributed by atoms with van der Waals surface area (Å²) in [5, 5.41) is 4.74. The minimum atomic E-state index is 0.685. The normalized spacial score (nSPS) is 26.2. The Bertz CT molecular complexity index is 455. The van der Waals surface area contributed by atoms with Crippen LogP contribution in [-0.4, -0.2) is 16.3 Å². The largest absolute Gasteiger partial charge is 0.330 e. The molecular weight excluding hydrogens is 326 g/mol. The smallest absolute Gasteiger partial charge is 0.0766 e.